The highest BCUT2D eigenvalue weighted by Crippen LogP contribution is 2.25. The molecule has 1 heterocycles. The molecule has 1 aliphatic rings. The van der Waals surface area contributed by atoms with Crippen molar-refractivity contribution in [3.63, 3.8) is 0 Å². The Balaban J connectivity index is 2.20. The Morgan fingerprint density at radius 3 is 2.68 bits per heavy atom. The van der Waals surface area contributed by atoms with Crippen LogP contribution in [0.4, 0.5) is 5.82 Å². The number of nitrogens with zero attached hydrogens (tertiary/aromatic N) is 3. The summed E-state index contributed by atoms with van der Waals surface area (Å²) >= 11 is 0. The number of rotatable bonds is 6. The van der Waals surface area contributed by atoms with Gasteiger partial charge in [-0.25, -0.2) is 9.97 Å². The standard InChI is InChI=1S/C15H26N4/c1-4-10-16-15-12-7-5-6-8-13(12)17-14(18-15)9-11-19(2)3/h4-11H2,1-3H3,(H,16,17,18). The SMILES string of the molecule is CCCNc1nc(CCN(C)C)nc2c1CCCC2. The van der Waals surface area contributed by atoms with Crippen molar-refractivity contribution in [2.75, 3.05) is 32.5 Å². The van der Waals surface area contributed by atoms with E-state index in [1.165, 1.54) is 24.1 Å². The molecule has 0 radical (unpaired) electrons. The van der Waals surface area contributed by atoms with Gasteiger partial charge in [0, 0.05) is 30.8 Å². The molecule has 0 bridgehead atoms. The summed E-state index contributed by atoms with van der Waals surface area (Å²) in [7, 11) is 4.18. The van der Waals surface area contributed by atoms with E-state index in [9.17, 15) is 0 Å². The maximum absolute atomic E-state index is 4.78. The van der Waals surface area contributed by atoms with Gasteiger partial charge in [0.05, 0.1) is 0 Å². The molecule has 0 unspecified atom stereocenters. The van der Waals surface area contributed by atoms with Crippen molar-refractivity contribution in [2.24, 2.45) is 0 Å². The van der Waals surface area contributed by atoms with Gasteiger partial charge in [0.1, 0.15) is 11.6 Å². The Morgan fingerprint density at radius 2 is 1.95 bits per heavy atom. The van der Waals surface area contributed by atoms with Gasteiger partial charge in [0.15, 0.2) is 0 Å². The van der Waals surface area contributed by atoms with E-state index in [2.05, 4.69) is 31.2 Å². The molecule has 0 saturated heterocycles. The third-order valence-electron chi connectivity index (χ3n) is 3.55. The maximum atomic E-state index is 4.78. The van der Waals surface area contributed by atoms with Crippen molar-refractivity contribution >= 4 is 5.82 Å². The summed E-state index contributed by atoms with van der Waals surface area (Å²) in [6.45, 7) is 4.19. The predicted octanol–water partition coefficient (Wildman–Crippen LogP) is 2.28. The quantitative estimate of drug-likeness (QED) is 0.854. The largest absolute Gasteiger partial charge is 0.370 e. The average Bonchev–Trinajstić information content (AvgIpc) is 2.42. The smallest absolute Gasteiger partial charge is 0.133 e. The van der Waals surface area contributed by atoms with Crippen LogP contribution in [0.1, 0.15) is 43.3 Å². The third kappa shape index (κ3) is 3.90. The van der Waals surface area contributed by atoms with Crippen LogP contribution in [0.2, 0.25) is 0 Å². The topological polar surface area (TPSA) is 41.1 Å². The lowest BCUT2D eigenvalue weighted by molar-refractivity contribution is 0.409. The second kappa shape index (κ2) is 6.85. The first-order valence-electron chi connectivity index (χ1n) is 7.48. The Bertz CT molecular complexity index is 415. The molecule has 1 aliphatic carbocycles. The fourth-order valence-corrected chi connectivity index (χ4v) is 2.47. The van der Waals surface area contributed by atoms with E-state index in [4.69, 9.17) is 9.97 Å². The number of anilines is 1. The summed E-state index contributed by atoms with van der Waals surface area (Å²) in [5, 5.41) is 3.49. The van der Waals surface area contributed by atoms with Crippen molar-refractivity contribution in [1.82, 2.24) is 14.9 Å². The molecule has 0 aromatic carbocycles. The number of aryl methyl sites for hydroxylation is 1. The highest BCUT2D eigenvalue weighted by Gasteiger charge is 2.17. The minimum Gasteiger partial charge on any atom is -0.370 e. The second-order valence-corrected chi connectivity index (χ2v) is 5.60. The first-order chi connectivity index (χ1) is 9.20. The van der Waals surface area contributed by atoms with E-state index in [1.54, 1.807) is 0 Å². The van der Waals surface area contributed by atoms with Crippen LogP contribution < -0.4 is 5.32 Å². The van der Waals surface area contributed by atoms with Crippen LogP contribution in [0.15, 0.2) is 0 Å². The minimum absolute atomic E-state index is 0.932. The molecule has 0 saturated carbocycles. The third-order valence-corrected chi connectivity index (χ3v) is 3.55. The lowest BCUT2D eigenvalue weighted by atomic mass is 9.96. The number of likely N-dealkylation sites (N-methyl/N-ethyl adjacent to an activating group) is 1. The van der Waals surface area contributed by atoms with Crippen LogP contribution in [0.25, 0.3) is 0 Å². The normalized spacial score (nSPS) is 14.5. The molecular weight excluding hydrogens is 236 g/mol. The average molecular weight is 262 g/mol. The Hall–Kier alpha value is -1.16. The highest BCUT2D eigenvalue weighted by atomic mass is 15.1. The van der Waals surface area contributed by atoms with E-state index >= 15 is 0 Å². The van der Waals surface area contributed by atoms with Crippen molar-refractivity contribution in [1.29, 1.82) is 0 Å². The van der Waals surface area contributed by atoms with E-state index in [0.717, 1.165) is 50.4 Å². The number of hydrogen-bond donors (Lipinski definition) is 1. The lowest BCUT2D eigenvalue weighted by Crippen LogP contribution is -2.19. The van der Waals surface area contributed by atoms with Crippen LogP contribution in [-0.2, 0) is 19.3 Å². The minimum atomic E-state index is 0.932. The van der Waals surface area contributed by atoms with Crippen LogP contribution >= 0.6 is 0 Å². The van der Waals surface area contributed by atoms with Gasteiger partial charge in [-0.15, -0.1) is 0 Å². The zero-order chi connectivity index (χ0) is 13.7. The van der Waals surface area contributed by atoms with Gasteiger partial charge < -0.3 is 10.2 Å². The fraction of sp³-hybridized carbons (Fsp3) is 0.733. The molecule has 0 atom stereocenters. The zero-order valence-corrected chi connectivity index (χ0v) is 12.5. The van der Waals surface area contributed by atoms with Gasteiger partial charge in [-0.2, -0.15) is 0 Å². The number of aromatic nitrogens is 2. The van der Waals surface area contributed by atoms with Gasteiger partial charge in [0.25, 0.3) is 0 Å². The van der Waals surface area contributed by atoms with Crippen molar-refractivity contribution in [3.05, 3.63) is 17.1 Å². The summed E-state index contributed by atoms with van der Waals surface area (Å²) in [5.41, 5.74) is 2.65. The molecule has 4 heteroatoms. The molecule has 19 heavy (non-hydrogen) atoms. The summed E-state index contributed by atoms with van der Waals surface area (Å²) < 4.78 is 0. The predicted molar refractivity (Wildman–Crippen MR) is 79.7 cm³/mol. The van der Waals surface area contributed by atoms with Crippen molar-refractivity contribution < 1.29 is 0 Å². The zero-order valence-electron chi connectivity index (χ0n) is 12.5. The summed E-state index contributed by atoms with van der Waals surface area (Å²) in [6, 6.07) is 0. The second-order valence-electron chi connectivity index (χ2n) is 5.60. The molecule has 2 rings (SSSR count). The Morgan fingerprint density at radius 1 is 1.16 bits per heavy atom. The number of nitrogens with one attached hydrogen (secondary N) is 1. The lowest BCUT2D eigenvalue weighted by Gasteiger charge is -2.20. The van der Waals surface area contributed by atoms with E-state index in [-0.39, 0.29) is 0 Å². The van der Waals surface area contributed by atoms with Crippen LogP contribution in [0, 0.1) is 0 Å². The molecule has 4 nitrogen and oxygen atoms in total. The van der Waals surface area contributed by atoms with Crippen LogP contribution in [0.3, 0.4) is 0 Å². The highest BCUT2D eigenvalue weighted by molar-refractivity contribution is 5.47. The molecule has 1 aromatic heterocycles. The molecule has 106 valence electrons. The molecule has 0 amide bonds. The summed E-state index contributed by atoms with van der Waals surface area (Å²) in [4.78, 5) is 11.7. The number of fused-ring (bicyclic) bond motifs is 1. The molecule has 1 N–H and O–H groups in total. The summed E-state index contributed by atoms with van der Waals surface area (Å²) in [6.07, 6.45) is 6.86. The van der Waals surface area contributed by atoms with E-state index < -0.39 is 0 Å². The van der Waals surface area contributed by atoms with Crippen molar-refractivity contribution in [2.45, 2.75) is 45.4 Å². The van der Waals surface area contributed by atoms with E-state index in [0.29, 0.717) is 0 Å². The molecule has 0 aliphatic heterocycles. The first kappa shape index (κ1) is 14.3. The van der Waals surface area contributed by atoms with E-state index in [1.807, 2.05) is 0 Å². The number of hydrogen-bond acceptors (Lipinski definition) is 4. The van der Waals surface area contributed by atoms with Gasteiger partial charge >= 0.3 is 0 Å². The molecule has 1 aromatic rings. The maximum Gasteiger partial charge on any atom is 0.133 e. The van der Waals surface area contributed by atoms with Gasteiger partial charge in [-0.05, 0) is 46.2 Å². The first-order valence-corrected chi connectivity index (χ1v) is 7.48. The Labute approximate surface area is 116 Å². The van der Waals surface area contributed by atoms with Gasteiger partial charge in [-0.1, -0.05) is 6.92 Å². The monoisotopic (exact) mass is 262 g/mol. The fourth-order valence-electron chi connectivity index (χ4n) is 2.47. The Kier molecular flexibility index (Phi) is 5.14. The molecule has 0 spiro atoms. The van der Waals surface area contributed by atoms with Crippen LogP contribution in [-0.4, -0.2) is 42.1 Å². The molecular formula is C15H26N4. The van der Waals surface area contributed by atoms with Gasteiger partial charge in [-0.3, -0.25) is 0 Å². The van der Waals surface area contributed by atoms with Crippen molar-refractivity contribution in [3.8, 4) is 0 Å². The van der Waals surface area contributed by atoms with Gasteiger partial charge in [0.2, 0.25) is 0 Å². The molecule has 0 fully saturated rings. The van der Waals surface area contributed by atoms with Crippen LogP contribution in [0.5, 0.6) is 0 Å². The summed E-state index contributed by atoms with van der Waals surface area (Å²) in [5.74, 6) is 2.09.